The van der Waals surface area contributed by atoms with E-state index in [-0.39, 0.29) is 17.0 Å². The number of carbonyl (C=O) groups is 1. The number of unbranched alkanes of at least 4 members (excludes halogenated alkanes) is 5. The molecule has 0 spiro atoms. The highest BCUT2D eigenvalue weighted by Crippen LogP contribution is 2.34. The van der Waals surface area contributed by atoms with Gasteiger partial charge in [0.05, 0.1) is 17.7 Å². The smallest absolute Gasteiger partial charge is 0.224 e. The average Bonchev–Trinajstić information content (AvgIpc) is 2.68. The SMILES string of the molecule is CCCCCCCCON1C(C)(C)CC(=O)N(Cc2ccccc2)CC1(C)C. The van der Waals surface area contributed by atoms with Crippen molar-refractivity contribution in [1.29, 1.82) is 0 Å². The summed E-state index contributed by atoms with van der Waals surface area (Å²) in [6.45, 7) is 12.9. The molecule has 1 fully saturated rings. The van der Waals surface area contributed by atoms with E-state index in [1.807, 2.05) is 23.1 Å². The Bertz CT molecular complexity index is 598. The summed E-state index contributed by atoms with van der Waals surface area (Å²) in [5, 5.41) is 2.11. The molecule has 1 aromatic rings. The minimum absolute atomic E-state index is 0.201. The van der Waals surface area contributed by atoms with Gasteiger partial charge in [0.2, 0.25) is 5.91 Å². The molecule has 4 nitrogen and oxygen atoms in total. The van der Waals surface area contributed by atoms with E-state index >= 15 is 0 Å². The van der Waals surface area contributed by atoms with Crippen LogP contribution in [0.4, 0.5) is 0 Å². The second kappa shape index (κ2) is 10.4. The molecule has 1 saturated heterocycles. The molecule has 158 valence electrons. The summed E-state index contributed by atoms with van der Waals surface area (Å²) in [7, 11) is 0. The molecule has 1 heterocycles. The monoisotopic (exact) mass is 388 g/mol. The maximum atomic E-state index is 13.0. The van der Waals surface area contributed by atoms with Crippen molar-refractivity contribution in [2.45, 2.75) is 97.2 Å². The van der Waals surface area contributed by atoms with E-state index in [2.05, 4.69) is 51.8 Å². The first-order chi connectivity index (χ1) is 13.3. The van der Waals surface area contributed by atoms with Crippen LogP contribution in [-0.4, -0.2) is 40.1 Å². The lowest BCUT2D eigenvalue weighted by Crippen LogP contribution is -2.56. The molecule has 0 aliphatic carbocycles. The molecule has 4 heteroatoms. The summed E-state index contributed by atoms with van der Waals surface area (Å²) >= 11 is 0. The zero-order valence-electron chi connectivity index (χ0n) is 18.7. The van der Waals surface area contributed by atoms with Crippen molar-refractivity contribution >= 4 is 5.91 Å². The van der Waals surface area contributed by atoms with E-state index < -0.39 is 0 Å². The Morgan fingerprint density at radius 1 is 0.929 bits per heavy atom. The summed E-state index contributed by atoms with van der Waals surface area (Å²) in [4.78, 5) is 21.3. The number of benzene rings is 1. The lowest BCUT2D eigenvalue weighted by atomic mass is 9.95. The third-order valence-electron chi connectivity index (χ3n) is 5.55. The molecular weight excluding hydrogens is 348 g/mol. The van der Waals surface area contributed by atoms with E-state index in [0.717, 1.165) is 13.0 Å². The molecule has 1 aliphatic heterocycles. The lowest BCUT2D eigenvalue weighted by Gasteiger charge is -2.45. The Morgan fingerprint density at radius 2 is 1.57 bits per heavy atom. The maximum Gasteiger partial charge on any atom is 0.224 e. The third-order valence-corrected chi connectivity index (χ3v) is 5.55. The lowest BCUT2D eigenvalue weighted by molar-refractivity contribution is -0.262. The Balaban J connectivity index is 1.98. The van der Waals surface area contributed by atoms with Crippen LogP contribution < -0.4 is 0 Å². The molecule has 2 rings (SSSR count). The first-order valence-electron chi connectivity index (χ1n) is 11.0. The second-order valence-electron chi connectivity index (χ2n) is 9.43. The predicted octanol–water partition coefficient (Wildman–Crippen LogP) is 5.57. The zero-order valence-corrected chi connectivity index (χ0v) is 18.7. The standard InChI is InChI=1S/C24H40N2O2/c1-6-7-8-9-10-14-17-28-26-23(2,3)18-22(27)25(20-24(26,4)5)19-21-15-12-11-13-16-21/h11-13,15-16H,6-10,14,17-20H2,1-5H3. The number of rotatable bonds is 10. The van der Waals surface area contributed by atoms with Crippen LogP contribution in [-0.2, 0) is 16.2 Å². The van der Waals surface area contributed by atoms with Gasteiger partial charge in [-0.25, -0.2) is 0 Å². The number of nitrogens with zero attached hydrogens (tertiary/aromatic N) is 2. The first kappa shape index (κ1) is 22.9. The molecule has 0 unspecified atom stereocenters. The number of hydrogen-bond donors (Lipinski definition) is 0. The molecule has 28 heavy (non-hydrogen) atoms. The largest absolute Gasteiger partial charge is 0.336 e. The van der Waals surface area contributed by atoms with Gasteiger partial charge < -0.3 is 4.90 Å². The van der Waals surface area contributed by atoms with Crippen LogP contribution in [0.1, 0.15) is 85.1 Å². The maximum absolute atomic E-state index is 13.0. The van der Waals surface area contributed by atoms with E-state index in [1.54, 1.807) is 0 Å². The van der Waals surface area contributed by atoms with Gasteiger partial charge in [0.15, 0.2) is 0 Å². The van der Waals surface area contributed by atoms with Crippen molar-refractivity contribution < 1.29 is 9.63 Å². The van der Waals surface area contributed by atoms with Crippen LogP contribution in [0, 0.1) is 0 Å². The van der Waals surface area contributed by atoms with E-state index in [9.17, 15) is 4.79 Å². The van der Waals surface area contributed by atoms with Gasteiger partial charge >= 0.3 is 0 Å². The summed E-state index contributed by atoms with van der Waals surface area (Å²) in [5.74, 6) is 0.201. The normalized spacial score (nSPS) is 19.6. The molecular formula is C24H40N2O2. The van der Waals surface area contributed by atoms with E-state index in [4.69, 9.17) is 4.84 Å². The topological polar surface area (TPSA) is 32.8 Å². The van der Waals surface area contributed by atoms with Gasteiger partial charge in [0, 0.05) is 19.5 Å². The van der Waals surface area contributed by atoms with Crippen molar-refractivity contribution in [3.63, 3.8) is 0 Å². The Morgan fingerprint density at radius 3 is 2.25 bits per heavy atom. The van der Waals surface area contributed by atoms with Crippen molar-refractivity contribution in [3.8, 4) is 0 Å². The highest BCUT2D eigenvalue weighted by atomic mass is 16.7. The Hall–Kier alpha value is -1.39. The zero-order chi connectivity index (χ0) is 20.6. The van der Waals surface area contributed by atoms with Crippen LogP contribution in [0.2, 0.25) is 0 Å². The average molecular weight is 389 g/mol. The first-order valence-corrected chi connectivity index (χ1v) is 11.0. The molecule has 1 amide bonds. The predicted molar refractivity (Wildman–Crippen MR) is 116 cm³/mol. The minimum Gasteiger partial charge on any atom is -0.336 e. The van der Waals surface area contributed by atoms with Crippen LogP contribution >= 0.6 is 0 Å². The molecule has 0 bridgehead atoms. The number of hydrogen-bond acceptors (Lipinski definition) is 3. The fourth-order valence-electron chi connectivity index (χ4n) is 4.33. The van der Waals surface area contributed by atoms with Gasteiger partial charge in [-0.2, -0.15) is 5.06 Å². The molecule has 0 atom stereocenters. The summed E-state index contributed by atoms with van der Waals surface area (Å²) in [6, 6.07) is 10.2. The van der Waals surface area contributed by atoms with Crippen LogP contribution in [0.15, 0.2) is 30.3 Å². The van der Waals surface area contributed by atoms with E-state index in [1.165, 1.54) is 37.7 Å². The molecule has 1 aliphatic rings. The Kier molecular flexibility index (Phi) is 8.51. The number of amides is 1. The van der Waals surface area contributed by atoms with Crippen molar-refractivity contribution in [3.05, 3.63) is 35.9 Å². The van der Waals surface area contributed by atoms with Gasteiger partial charge in [0.25, 0.3) is 0 Å². The van der Waals surface area contributed by atoms with Crippen molar-refractivity contribution in [2.24, 2.45) is 0 Å². The molecule has 0 N–H and O–H groups in total. The number of carbonyl (C=O) groups excluding carboxylic acids is 1. The second-order valence-corrected chi connectivity index (χ2v) is 9.43. The summed E-state index contributed by atoms with van der Waals surface area (Å²) in [6.07, 6.45) is 7.97. The van der Waals surface area contributed by atoms with Gasteiger partial charge in [-0.3, -0.25) is 9.63 Å². The van der Waals surface area contributed by atoms with Gasteiger partial charge in [-0.05, 0) is 39.7 Å². The molecule has 0 aromatic heterocycles. The van der Waals surface area contributed by atoms with Crippen LogP contribution in [0.25, 0.3) is 0 Å². The quantitative estimate of drug-likeness (QED) is 0.491. The summed E-state index contributed by atoms with van der Waals surface area (Å²) in [5.41, 5.74) is 0.604. The third kappa shape index (κ3) is 6.59. The molecule has 1 aromatic carbocycles. The van der Waals surface area contributed by atoms with Crippen LogP contribution in [0.5, 0.6) is 0 Å². The van der Waals surface area contributed by atoms with Gasteiger partial charge in [-0.15, -0.1) is 0 Å². The van der Waals surface area contributed by atoms with Gasteiger partial charge in [-0.1, -0.05) is 69.4 Å². The van der Waals surface area contributed by atoms with Crippen molar-refractivity contribution in [2.75, 3.05) is 13.2 Å². The highest BCUT2D eigenvalue weighted by molar-refractivity contribution is 5.78. The molecule has 0 saturated carbocycles. The van der Waals surface area contributed by atoms with E-state index in [0.29, 0.717) is 19.5 Å². The van der Waals surface area contributed by atoms with Crippen LogP contribution in [0.3, 0.4) is 0 Å². The summed E-state index contributed by atoms with van der Waals surface area (Å²) < 4.78 is 0. The fraction of sp³-hybridized carbons (Fsp3) is 0.708. The number of hydroxylamine groups is 2. The highest BCUT2D eigenvalue weighted by Gasteiger charge is 2.45. The minimum atomic E-state index is -0.325. The van der Waals surface area contributed by atoms with Gasteiger partial charge in [0.1, 0.15) is 0 Å². The Labute approximate surface area is 172 Å². The van der Waals surface area contributed by atoms with Crippen molar-refractivity contribution in [1.82, 2.24) is 9.96 Å². The molecule has 0 radical (unpaired) electrons. The fourth-order valence-corrected chi connectivity index (χ4v) is 4.33.